The first-order chi connectivity index (χ1) is 5.04. The summed E-state index contributed by atoms with van der Waals surface area (Å²) < 4.78 is 0. The van der Waals surface area contributed by atoms with Crippen LogP contribution in [0.4, 0.5) is 4.79 Å². The molecule has 0 aromatic rings. The molecule has 1 unspecified atom stereocenters. The molecule has 0 bridgehead atoms. The lowest BCUT2D eigenvalue weighted by molar-refractivity contribution is -0.133. The van der Waals surface area contributed by atoms with Gasteiger partial charge in [-0.25, -0.2) is 4.79 Å². The maximum absolute atomic E-state index is 11.2. The topological polar surface area (TPSA) is 40.6 Å². The molecule has 1 saturated heterocycles. The molecule has 0 saturated carbocycles. The fraction of sp³-hybridized carbons (Fsp3) is 0.714. The first kappa shape index (κ1) is 8.04. The van der Waals surface area contributed by atoms with Crippen molar-refractivity contribution in [2.75, 3.05) is 20.6 Å². The molecule has 3 amide bonds. The Labute approximate surface area is 65.8 Å². The van der Waals surface area contributed by atoms with Gasteiger partial charge in [0, 0.05) is 20.6 Å². The van der Waals surface area contributed by atoms with Crippen LogP contribution in [0.2, 0.25) is 0 Å². The number of imide groups is 1. The Kier molecular flexibility index (Phi) is 1.85. The summed E-state index contributed by atoms with van der Waals surface area (Å²) >= 11 is 0. The van der Waals surface area contributed by atoms with E-state index in [0.717, 1.165) is 4.90 Å². The van der Waals surface area contributed by atoms with Gasteiger partial charge in [0.25, 0.3) is 0 Å². The molecule has 1 fully saturated rings. The van der Waals surface area contributed by atoms with Crippen molar-refractivity contribution in [3.8, 4) is 0 Å². The minimum Gasteiger partial charge on any atom is -0.327 e. The molecular weight excluding hydrogens is 144 g/mol. The quantitative estimate of drug-likeness (QED) is 0.500. The Bertz CT molecular complexity index is 183. The Morgan fingerprint density at radius 1 is 1.36 bits per heavy atom. The van der Waals surface area contributed by atoms with Crippen molar-refractivity contribution in [3.05, 3.63) is 0 Å². The van der Waals surface area contributed by atoms with E-state index in [1.54, 1.807) is 11.9 Å². The molecule has 0 radical (unpaired) electrons. The smallest absolute Gasteiger partial charge is 0.326 e. The van der Waals surface area contributed by atoms with Crippen molar-refractivity contribution in [3.63, 3.8) is 0 Å². The fourth-order valence-corrected chi connectivity index (χ4v) is 1.25. The van der Waals surface area contributed by atoms with Crippen molar-refractivity contribution >= 4 is 11.9 Å². The van der Waals surface area contributed by atoms with E-state index in [2.05, 4.69) is 0 Å². The van der Waals surface area contributed by atoms with Crippen molar-refractivity contribution in [2.45, 2.75) is 6.92 Å². The number of hydrogen-bond acceptors (Lipinski definition) is 2. The highest BCUT2D eigenvalue weighted by Gasteiger charge is 2.31. The Morgan fingerprint density at radius 2 is 1.91 bits per heavy atom. The Morgan fingerprint density at radius 3 is 2.45 bits per heavy atom. The highest BCUT2D eigenvalue weighted by atomic mass is 16.2. The third-order valence-corrected chi connectivity index (χ3v) is 1.91. The van der Waals surface area contributed by atoms with E-state index >= 15 is 0 Å². The van der Waals surface area contributed by atoms with Gasteiger partial charge in [-0.3, -0.25) is 9.69 Å². The maximum Gasteiger partial charge on any atom is 0.326 e. The van der Waals surface area contributed by atoms with Gasteiger partial charge in [0.05, 0.1) is 5.92 Å². The van der Waals surface area contributed by atoms with Gasteiger partial charge in [-0.2, -0.15) is 0 Å². The lowest BCUT2D eigenvalue weighted by atomic mass is 10.1. The molecule has 1 atom stereocenters. The van der Waals surface area contributed by atoms with Crippen molar-refractivity contribution in [1.29, 1.82) is 0 Å². The van der Waals surface area contributed by atoms with Crippen molar-refractivity contribution in [2.24, 2.45) is 5.92 Å². The van der Waals surface area contributed by atoms with Crippen LogP contribution in [0.25, 0.3) is 0 Å². The molecule has 1 aliphatic heterocycles. The minimum absolute atomic E-state index is 0.0669. The summed E-state index contributed by atoms with van der Waals surface area (Å²) in [6.07, 6.45) is 0. The number of hydrogen-bond donors (Lipinski definition) is 0. The summed E-state index contributed by atoms with van der Waals surface area (Å²) in [6.45, 7) is 2.35. The standard InChI is InChI=1S/C7H12N2O2/c1-5-4-8(2)7(11)9(3)6(5)10/h5H,4H2,1-3H3. The molecule has 0 N–H and O–H groups in total. The molecule has 11 heavy (non-hydrogen) atoms. The number of nitrogens with zero attached hydrogens (tertiary/aromatic N) is 2. The summed E-state index contributed by atoms with van der Waals surface area (Å²) in [6, 6.07) is -0.215. The van der Waals surface area contributed by atoms with Gasteiger partial charge < -0.3 is 4.90 Å². The molecule has 62 valence electrons. The van der Waals surface area contributed by atoms with E-state index in [-0.39, 0.29) is 17.9 Å². The molecule has 0 aliphatic carbocycles. The van der Waals surface area contributed by atoms with Crippen LogP contribution in [-0.4, -0.2) is 42.4 Å². The average molecular weight is 156 g/mol. The van der Waals surface area contributed by atoms with E-state index in [0.29, 0.717) is 6.54 Å². The van der Waals surface area contributed by atoms with E-state index in [4.69, 9.17) is 0 Å². The lowest BCUT2D eigenvalue weighted by Crippen LogP contribution is -2.52. The summed E-state index contributed by atoms with van der Waals surface area (Å²) in [5, 5.41) is 0. The van der Waals surface area contributed by atoms with Crippen LogP contribution in [0.1, 0.15) is 6.92 Å². The third-order valence-electron chi connectivity index (χ3n) is 1.91. The second kappa shape index (κ2) is 2.53. The molecule has 1 heterocycles. The van der Waals surface area contributed by atoms with Gasteiger partial charge in [0.2, 0.25) is 5.91 Å². The second-order valence-corrected chi connectivity index (χ2v) is 2.96. The number of urea groups is 1. The first-order valence-corrected chi connectivity index (χ1v) is 3.56. The molecule has 0 spiro atoms. The van der Waals surface area contributed by atoms with Crippen LogP contribution >= 0.6 is 0 Å². The molecule has 0 aromatic heterocycles. The number of carbonyl (C=O) groups excluding carboxylic acids is 2. The summed E-state index contributed by atoms with van der Waals surface area (Å²) in [5.74, 6) is -0.157. The van der Waals surface area contributed by atoms with Crippen LogP contribution in [0.5, 0.6) is 0 Å². The predicted octanol–water partition coefficient (Wildman–Crippen LogP) is 0.146. The Balaban J connectivity index is 2.79. The minimum atomic E-state index is -0.215. The molecule has 0 aromatic carbocycles. The van der Waals surface area contributed by atoms with Gasteiger partial charge in [0.1, 0.15) is 0 Å². The SMILES string of the molecule is CC1CN(C)C(=O)N(C)C1=O. The molecular formula is C7H12N2O2. The monoisotopic (exact) mass is 156 g/mol. The zero-order valence-electron chi connectivity index (χ0n) is 7.00. The van der Waals surface area contributed by atoms with E-state index in [1.807, 2.05) is 6.92 Å². The maximum atomic E-state index is 11.2. The third kappa shape index (κ3) is 1.20. The molecule has 1 aliphatic rings. The number of rotatable bonds is 0. The summed E-state index contributed by atoms with van der Waals surface area (Å²) in [4.78, 5) is 25.0. The van der Waals surface area contributed by atoms with E-state index in [9.17, 15) is 9.59 Å². The van der Waals surface area contributed by atoms with Crippen LogP contribution < -0.4 is 0 Å². The number of carbonyl (C=O) groups is 2. The first-order valence-electron chi connectivity index (χ1n) is 3.56. The van der Waals surface area contributed by atoms with Crippen molar-refractivity contribution < 1.29 is 9.59 Å². The highest BCUT2D eigenvalue weighted by molar-refractivity contribution is 5.97. The van der Waals surface area contributed by atoms with Crippen LogP contribution in [0.3, 0.4) is 0 Å². The average Bonchev–Trinajstić information content (AvgIpc) is 1.97. The van der Waals surface area contributed by atoms with Crippen LogP contribution in [0, 0.1) is 5.92 Å². The highest BCUT2D eigenvalue weighted by Crippen LogP contribution is 2.11. The van der Waals surface area contributed by atoms with Gasteiger partial charge in [-0.05, 0) is 0 Å². The summed E-state index contributed by atoms with van der Waals surface area (Å²) in [7, 11) is 3.21. The van der Waals surface area contributed by atoms with Gasteiger partial charge in [-0.1, -0.05) is 6.92 Å². The van der Waals surface area contributed by atoms with Gasteiger partial charge in [-0.15, -0.1) is 0 Å². The fourth-order valence-electron chi connectivity index (χ4n) is 1.25. The molecule has 4 heteroatoms. The Hall–Kier alpha value is -1.06. The predicted molar refractivity (Wildman–Crippen MR) is 40.0 cm³/mol. The normalized spacial score (nSPS) is 26.3. The number of amides is 3. The van der Waals surface area contributed by atoms with E-state index < -0.39 is 0 Å². The second-order valence-electron chi connectivity index (χ2n) is 2.96. The van der Waals surface area contributed by atoms with Gasteiger partial charge >= 0.3 is 6.03 Å². The lowest BCUT2D eigenvalue weighted by Gasteiger charge is -2.32. The molecule has 4 nitrogen and oxygen atoms in total. The van der Waals surface area contributed by atoms with Crippen molar-refractivity contribution in [1.82, 2.24) is 9.80 Å². The van der Waals surface area contributed by atoms with E-state index in [1.165, 1.54) is 7.05 Å². The zero-order chi connectivity index (χ0) is 8.59. The largest absolute Gasteiger partial charge is 0.327 e. The summed E-state index contributed by atoms with van der Waals surface area (Å²) in [5.41, 5.74) is 0. The van der Waals surface area contributed by atoms with Crippen LogP contribution in [0.15, 0.2) is 0 Å². The zero-order valence-corrected chi connectivity index (χ0v) is 7.00. The molecule has 1 rings (SSSR count). The van der Waals surface area contributed by atoms with Gasteiger partial charge in [0.15, 0.2) is 0 Å². The van der Waals surface area contributed by atoms with Crippen LogP contribution in [-0.2, 0) is 4.79 Å².